The van der Waals surface area contributed by atoms with Crippen LogP contribution in [0, 0.1) is 0 Å². The molecule has 1 aromatic heterocycles. The van der Waals surface area contributed by atoms with E-state index in [-0.39, 0.29) is 18.4 Å². The van der Waals surface area contributed by atoms with Gasteiger partial charge in [0.05, 0.1) is 10.6 Å². The highest BCUT2D eigenvalue weighted by Gasteiger charge is 2.13. The summed E-state index contributed by atoms with van der Waals surface area (Å²) < 4.78 is 11.0. The summed E-state index contributed by atoms with van der Waals surface area (Å²) in [5.74, 6) is 0.613. The van der Waals surface area contributed by atoms with Crippen molar-refractivity contribution in [3.63, 3.8) is 0 Å². The molecule has 0 unspecified atom stereocenters. The van der Waals surface area contributed by atoms with Crippen molar-refractivity contribution in [3.8, 4) is 17.2 Å². The molecular weight excluding hydrogens is 353 g/mol. The van der Waals surface area contributed by atoms with E-state index in [1.165, 1.54) is 0 Å². The van der Waals surface area contributed by atoms with Crippen molar-refractivity contribution in [2.24, 2.45) is 5.73 Å². The fraction of sp³-hybridized carbons (Fsp3) is 0.0625. The maximum absolute atomic E-state index is 11.0. The number of primary amides is 1. The monoisotopic (exact) mass is 363 g/mol. The normalized spacial score (nSPS) is 10.6. The summed E-state index contributed by atoms with van der Waals surface area (Å²) in [6.07, 6.45) is 0. The summed E-state index contributed by atoms with van der Waals surface area (Å²) in [6.45, 7) is 0.0775. The molecule has 6 nitrogen and oxygen atoms in total. The fourth-order valence-electron chi connectivity index (χ4n) is 1.94. The van der Waals surface area contributed by atoms with Gasteiger partial charge in [0.2, 0.25) is 11.8 Å². The molecule has 0 fully saturated rings. The number of rotatable bonds is 5. The minimum Gasteiger partial charge on any atom is -0.484 e. The van der Waals surface area contributed by atoms with Crippen molar-refractivity contribution in [2.75, 3.05) is 0 Å². The first-order valence-corrected chi connectivity index (χ1v) is 7.59. The number of nitrogens with zero attached hydrogens (tertiary/aromatic N) is 2. The van der Waals surface area contributed by atoms with Gasteiger partial charge in [-0.1, -0.05) is 23.2 Å². The Kier molecular flexibility index (Phi) is 4.69. The van der Waals surface area contributed by atoms with Crippen molar-refractivity contribution in [2.45, 2.75) is 6.61 Å². The molecule has 2 N–H and O–H groups in total. The Morgan fingerprint density at radius 3 is 2.54 bits per heavy atom. The van der Waals surface area contributed by atoms with Gasteiger partial charge in [-0.2, -0.15) is 0 Å². The van der Waals surface area contributed by atoms with Crippen LogP contribution in [0.3, 0.4) is 0 Å². The van der Waals surface area contributed by atoms with Crippen LogP contribution in [-0.4, -0.2) is 16.1 Å². The van der Waals surface area contributed by atoms with E-state index in [1.54, 1.807) is 42.5 Å². The Morgan fingerprint density at radius 2 is 1.88 bits per heavy atom. The van der Waals surface area contributed by atoms with Crippen molar-refractivity contribution in [3.05, 3.63) is 64.0 Å². The molecule has 8 heteroatoms. The average Bonchev–Trinajstić information content (AvgIpc) is 3.02. The summed E-state index contributed by atoms with van der Waals surface area (Å²) in [7, 11) is 0. The van der Waals surface area contributed by atoms with Gasteiger partial charge in [-0.3, -0.25) is 4.79 Å². The minimum atomic E-state index is -0.497. The van der Waals surface area contributed by atoms with E-state index in [0.29, 0.717) is 26.9 Å². The number of halogens is 2. The Labute approximate surface area is 147 Å². The van der Waals surface area contributed by atoms with E-state index in [2.05, 4.69) is 10.2 Å². The van der Waals surface area contributed by atoms with Crippen LogP contribution >= 0.6 is 23.2 Å². The van der Waals surface area contributed by atoms with Crippen LogP contribution in [0.15, 0.2) is 46.9 Å². The van der Waals surface area contributed by atoms with Gasteiger partial charge in [0.1, 0.15) is 5.75 Å². The van der Waals surface area contributed by atoms with E-state index in [1.807, 2.05) is 0 Å². The molecule has 1 heterocycles. The first kappa shape index (κ1) is 16.3. The van der Waals surface area contributed by atoms with Gasteiger partial charge in [0.15, 0.2) is 6.61 Å². The molecule has 1 amide bonds. The van der Waals surface area contributed by atoms with E-state index in [0.717, 1.165) is 0 Å². The second kappa shape index (κ2) is 6.90. The molecule has 0 aliphatic rings. The average molecular weight is 364 g/mol. The number of hydrogen-bond donors (Lipinski definition) is 1. The summed E-state index contributed by atoms with van der Waals surface area (Å²) in [5.41, 5.74) is 6.17. The molecule has 0 saturated carbocycles. The zero-order chi connectivity index (χ0) is 17.1. The highest BCUT2D eigenvalue weighted by Crippen LogP contribution is 2.29. The molecule has 3 rings (SSSR count). The SMILES string of the molecule is NC(=O)c1ccc(OCc2nnc(-c3ccc(Cl)cc3Cl)o2)cc1. The van der Waals surface area contributed by atoms with Gasteiger partial charge in [0, 0.05) is 10.6 Å². The summed E-state index contributed by atoms with van der Waals surface area (Å²) in [6, 6.07) is 11.4. The number of carbonyl (C=O) groups excluding carboxylic acids is 1. The Hall–Kier alpha value is -2.57. The second-order valence-corrected chi connectivity index (χ2v) is 5.65. The van der Waals surface area contributed by atoms with Crippen molar-refractivity contribution >= 4 is 29.1 Å². The van der Waals surface area contributed by atoms with Gasteiger partial charge < -0.3 is 14.9 Å². The number of nitrogens with two attached hydrogens (primary N) is 1. The number of aromatic nitrogens is 2. The van der Waals surface area contributed by atoms with Crippen LogP contribution in [-0.2, 0) is 6.61 Å². The number of hydrogen-bond acceptors (Lipinski definition) is 5. The van der Waals surface area contributed by atoms with Crippen LogP contribution in [0.25, 0.3) is 11.5 Å². The topological polar surface area (TPSA) is 91.2 Å². The molecule has 0 radical (unpaired) electrons. The molecule has 0 spiro atoms. The third-order valence-electron chi connectivity index (χ3n) is 3.13. The Bertz CT molecular complexity index is 879. The highest BCUT2D eigenvalue weighted by atomic mass is 35.5. The van der Waals surface area contributed by atoms with E-state index < -0.39 is 5.91 Å². The van der Waals surface area contributed by atoms with Crippen LogP contribution in [0.4, 0.5) is 0 Å². The number of ether oxygens (including phenoxy) is 1. The quantitative estimate of drug-likeness (QED) is 0.745. The zero-order valence-electron chi connectivity index (χ0n) is 12.2. The lowest BCUT2D eigenvalue weighted by molar-refractivity contribution is 0.1000. The molecule has 0 atom stereocenters. The van der Waals surface area contributed by atoms with Gasteiger partial charge in [-0.05, 0) is 42.5 Å². The highest BCUT2D eigenvalue weighted by molar-refractivity contribution is 6.36. The lowest BCUT2D eigenvalue weighted by atomic mass is 10.2. The van der Waals surface area contributed by atoms with Crippen LogP contribution < -0.4 is 10.5 Å². The maximum atomic E-state index is 11.0. The molecular formula is C16H11Cl2N3O3. The fourth-order valence-corrected chi connectivity index (χ4v) is 2.43. The standard InChI is InChI=1S/C16H11Cl2N3O3/c17-10-3-6-12(13(18)7-10)16-21-20-14(24-16)8-23-11-4-1-9(2-5-11)15(19)22/h1-7H,8H2,(H2,19,22). The van der Waals surface area contributed by atoms with Crippen LogP contribution in [0.1, 0.15) is 16.2 Å². The van der Waals surface area contributed by atoms with Crippen molar-refractivity contribution in [1.82, 2.24) is 10.2 Å². The molecule has 0 aliphatic heterocycles. The minimum absolute atomic E-state index is 0.0775. The van der Waals surface area contributed by atoms with Crippen LogP contribution in [0.2, 0.25) is 10.0 Å². The molecule has 0 saturated heterocycles. The van der Waals surface area contributed by atoms with E-state index in [4.69, 9.17) is 38.1 Å². The number of benzene rings is 2. The lowest BCUT2D eigenvalue weighted by Gasteiger charge is -2.03. The molecule has 0 bridgehead atoms. The Balaban J connectivity index is 1.69. The van der Waals surface area contributed by atoms with Crippen LogP contribution in [0.5, 0.6) is 5.75 Å². The van der Waals surface area contributed by atoms with E-state index in [9.17, 15) is 4.79 Å². The largest absolute Gasteiger partial charge is 0.484 e. The van der Waals surface area contributed by atoms with Gasteiger partial charge in [0.25, 0.3) is 5.89 Å². The molecule has 122 valence electrons. The number of amides is 1. The molecule has 3 aromatic rings. The predicted octanol–water partition coefficient (Wildman–Crippen LogP) is 3.72. The van der Waals surface area contributed by atoms with Gasteiger partial charge in [-0.15, -0.1) is 10.2 Å². The smallest absolute Gasteiger partial charge is 0.254 e. The second-order valence-electron chi connectivity index (χ2n) is 4.80. The Morgan fingerprint density at radius 1 is 1.12 bits per heavy atom. The summed E-state index contributed by atoms with van der Waals surface area (Å²) in [5, 5.41) is 8.79. The van der Waals surface area contributed by atoms with Gasteiger partial charge in [-0.25, -0.2) is 0 Å². The van der Waals surface area contributed by atoms with E-state index >= 15 is 0 Å². The lowest BCUT2D eigenvalue weighted by Crippen LogP contribution is -2.10. The maximum Gasteiger partial charge on any atom is 0.254 e. The summed E-state index contributed by atoms with van der Waals surface area (Å²) in [4.78, 5) is 11.0. The molecule has 2 aromatic carbocycles. The van der Waals surface area contributed by atoms with Crippen molar-refractivity contribution < 1.29 is 13.9 Å². The first-order chi connectivity index (χ1) is 11.5. The zero-order valence-corrected chi connectivity index (χ0v) is 13.7. The van der Waals surface area contributed by atoms with Gasteiger partial charge >= 0.3 is 0 Å². The molecule has 0 aliphatic carbocycles. The summed E-state index contributed by atoms with van der Waals surface area (Å²) >= 11 is 12.0. The third kappa shape index (κ3) is 3.67. The predicted molar refractivity (Wildman–Crippen MR) is 89.0 cm³/mol. The van der Waals surface area contributed by atoms with Crippen molar-refractivity contribution in [1.29, 1.82) is 0 Å². The third-order valence-corrected chi connectivity index (χ3v) is 3.68. The number of carbonyl (C=O) groups is 1. The first-order valence-electron chi connectivity index (χ1n) is 6.83. The molecule has 24 heavy (non-hydrogen) atoms.